The van der Waals surface area contributed by atoms with Crippen molar-refractivity contribution < 1.29 is 0 Å². The molecule has 4 heteroatoms. The van der Waals surface area contributed by atoms with Crippen LogP contribution in [0.4, 0.5) is 0 Å². The maximum Gasteiger partial charge on any atom is 0.194 e. The van der Waals surface area contributed by atoms with Gasteiger partial charge in [0.05, 0.1) is 11.4 Å². The zero-order valence-corrected chi connectivity index (χ0v) is 13.8. The third-order valence-electron chi connectivity index (χ3n) is 4.17. The Bertz CT molecular complexity index is 811. The average molecular weight is 299 g/mol. The summed E-state index contributed by atoms with van der Waals surface area (Å²) in [6, 6.07) is 6.51. The van der Waals surface area contributed by atoms with Crippen LogP contribution < -0.4 is 5.73 Å². The second-order valence-electron chi connectivity index (χ2n) is 5.49. The Morgan fingerprint density at radius 3 is 2.52 bits per heavy atom. The summed E-state index contributed by atoms with van der Waals surface area (Å²) in [6.45, 7) is 9.12. The maximum atomic E-state index is 6.04. The Kier molecular flexibility index (Phi) is 3.59. The molecule has 0 saturated carbocycles. The molecule has 1 aromatic carbocycles. The molecule has 21 heavy (non-hydrogen) atoms. The Labute approximate surface area is 129 Å². The van der Waals surface area contributed by atoms with Gasteiger partial charge in [-0.15, -0.1) is 11.3 Å². The second-order valence-corrected chi connectivity index (χ2v) is 6.67. The van der Waals surface area contributed by atoms with Gasteiger partial charge in [-0.05, 0) is 44.4 Å². The molecule has 2 N–H and O–H groups in total. The number of rotatable bonds is 3. The van der Waals surface area contributed by atoms with E-state index in [2.05, 4.69) is 50.3 Å². The lowest BCUT2D eigenvalue weighted by Crippen LogP contribution is -2.05. The Balaban J connectivity index is 2.27. The highest BCUT2D eigenvalue weighted by Gasteiger charge is 2.18. The molecule has 0 aliphatic rings. The van der Waals surface area contributed by atoms with Crippen LogP contribution in [0.3, 0.4) is 0 Å². The van der Waals surface area contributed by atoms with Crippen LogP contribution in [0.2, 0.25) is 0 Å². The molecule has 3 nitrogen and oxygen atoms in total. The van der Waals surface area contributed by atoms with Gasteiger partial charge in [0.25, 0.3) is 0 Å². The quantitative estimate of drug-likeness (QED) is 0.794. The fourth-order valence-electron chi connectivity index (χ4n) is 2.85. The first-order valence-electron chi connectivity index (χ1n) is 7.34. The normalized spacial score (nSPS) is 11.5. The minimum Gasteiger partial charge on any atom is -0.325 e. The highest BCUT2D eigenvalue weighted by molar-refractivity contribution is 7.17. The molecule has 3 aromatic rings. The molecular formula is C17H21N3S. The Morgan fingerprint density at radius 2 is 1.90 bits per heavy atom. The minimum atomic E-state index is 0.507. The number of aryl methyl sites for hydroxylation is 4. The zero-order valence-electron chi connectivity index (χ0n) is 13.0. The number of hydrogen-bond donors (Lipinski definition) is 1. The van der Waals surface area contributed by atoms with Gasteiger partial charge in [0, 0.05) is 22.7 Å². The number of hydrogen-bond acceptors (Lipinski definition) is 3. The third-order valence-corrected chi connectivity index (χ3v) is 5.17. The first kappa shape index (κ1) is 14.3. The topological polar surface area (TPSA) is 43.3 Å². The van der Waals surface area contributed by atoms with Gasteiger partial charge in [0.1, 0.15) is 0 Å². The van der Waals surface area contributed by atoms with Crippen molar-refractivity contribution >= 4 is 16.3 Å². The van der Waals surface area contributed by atoms with E-state index in [9.17, 15) is 0 Å². The SMILES string of the molecule is CCc1c(C)sc2nc(-c3ccc(C)c(C)c3)c(CN)n12. The average Bonchev–Trinajstić information content (AvgIpc) is 2.95. The molecule has 0 fully saturated rings. The van der Waals surface area contributed by atoms with Gasteiger partial charge < -0.3 is 5.73 Å². The van der Waals surface area contributed by atoms with Crippen LogP contribution in [-0.2, 0) is 13.0 Å². The molecule has 0 atom stereocenters. The standard InChI is InChI=1S/C17H21N3S/c1-5-14-12(4)21-17-19-16(15(9-18)20(14)17)13-7-6-10(2)11(3)8-13/h6-8H,5,9,18H2,1-4H3. The summed E-state index contributed by atoms with van der Waals surface area (Å²) >= 11 is 1.75. The fourth-order valence-corrected chi connectivity index (χ4v) is 3.92. The molecule has 110 valence electrons. The lowest BCUT2D eigenvalue weighted by Gasteiger charge is -2.07. The van der Waals surface area contributed by atoms with E-state index in [0.717, 1.165) is 28.3 Å². The summed E-state index contributed by atoms with van der Waals surface area (Å²) < 4.78 is 2.25. The minimum absolute atomic E-state index is 0.507. The van der Waals surface area contributed by atoms with Crippen molar-refractivity contribution in [1.29, 1.82) is 0 Å². The lowest BCUT2D eigenvalue weighted by atomic mass is 10.0. The van der Waals surface area contributed by atoms with Crippen molar-refractivity contribution in [2.75, 3.05) is 0 Å². The molecule has 2 aromatic heterocycles. The van der Waals surface area contributed by atoms with E-state index in [1.165, 1.54) is 21.7 Å². The maximum absolute atomic E-state index is 6.04. The van der Waals surface area contributed by atoms with E-state index in [0.29, 0.717) is 6.54 Å². The third kappa shape index (κ3) is 2.19. The van der Waals surface area contributed by atoms with E-state index in [1.54, 1.807) is 11.3 Å². The van der Waals surface area contributed by atoms with E-state index >= 15 is 0 Å². The predicted molar refractivity (Wildman–Crippen MR) is 90.0 cm³/mol. The largest absolute Gasteiger partial charge is 0.325 e. The number of nitrogens with two attached hydrogens (primary N) is 1. The summed E-state index contributed by atoms with van der Waals surface area (Å²) in [5.41, 5.74) is 13.3. The van der Waals surface area contributed by atoms with Gasteiger partial charge in [0.2, 0.25) is 0 Å². The molecular weight excluding hydrogens is 278 g/mol. The summed E-state index contributed by atoms with van der Waals surface area (Å²) in [5, 5.41) is 0. The van der Waals surface area contributed by atoms with Crippen molar-refractivity contribution in [3.63, 3.8) is 0 Å². The van der Waals surface area contributed by atoms with Gasteiger partial charge in [0.15, 0.2) is 4.96 Å². The van der Waals surface area contributed by atoms with Crippen molar-refractivity contribution in [2.45, 2.75) is 40.7 Å². The van der Waals surface area contributed by atoms with Crippen LogP contribution in [0.5, 0.6) is 0 Å². The van der Waals surface area contributed by atoms with Gasteiger partial charge in [-0.3, -0.25) is 4.40 Å². The smallest absolute Gasteiger partial charge is 0.194 e. The number of nitrogens with zero attached hydrogens (tertiary/aromatic N) is 2. The van der Waals surface area contributed by atoms with Crippen molar-refractivity contribution in [1.82, 2.24) is 9.38 Å². The number of imidazole rings is 1. The molecule has 0 unspecified atom stereocenters. The Hall–Kier alpha value is -1.65. The number of benzene rings is 1. The molecule has 0 amide bonds. The summed E-state index contributed by atoms with van der Waals surface area (Å²) in [5.74, 6) is 0. The summed E-state index contributed by atoms with van der Waals surface area (Å²) in [7, 11) is 0. The molecule has 0 radical (unpaired) electrons. The first-order valence-corrected chi connectivity index (χ1v) is 8.15. The van der Waals surface area contributed by atoms with Crippen LogP contribution in [-0.4, -0.2) is 9.38 Å². The van der Waals surface area contributed by atoms with Crippen LogP contribution in [0, 0.1) is 20.8 Å². The molecule has 0 spiro atoms. The molecule has 0 bridgehead atoms. The summed E-state index contributed by atoms with van der Waals surface area (Å²) in [6.07, 6.45) is 1.00. The summed E-state index contributed by atoms with van der Waals surface area (Å²) in [4.78, 5) is 7.24. The second kappa shape index (κ2) is 5.28. The van der Waals surface area contributed by atoms with E-state index in [1.807, 2.05) is 0 Å². The van der Waals surface area contributed by atoms with E-state index in [-0.39, 0.29) is 0 Å². The lowest BCUT2D eigenvalue weighted by molar-refractivity contribution is 0.902. The number of aromatic nitrogens is 2. The zero-order chi connectivity index (χ0) is 15.1. The van der Waals surface area contributed by atoms with Gasteiger partial charge in [-0.1, -0.05) is 19.1 Å². The predicted octanol–water partition coefficient (Wildman–Crippen LogP) is 4.01. The van der Waals surface area contributed by atoms with Crippen LogP contribution in [0.1, 0.15) is 34.3 Å². The molecule has 0 aliphatic carbocycles. The number of thiazole rings is 1. The van der Waals surface area contributed by atoms with Crippen molar-refractivity contribution in [3.8, 4) is 11.3 Å². The van der Waals surface area contributed by atoms with Gasteiger partial charge in [-0.25, -0.2) is 4.98 Å². The van der Waals surface area contributed by atoms with Crippen LogP contribution in [0.25, 0.3) is 16.2 Å². The Morgan fingerprint density at radius 1 is 1.14 bits per heavy atom. The van der Waals surface area contributed by atoms with Crippen LogP contribution in [0.15, 0.2) is 18.2 Å². The molecule has 3 rings (SSSR count). The van der Waals surface area contributed by atoms with Gasteiger partial charge in [-0.2, -0.15) is 0 Å². The molecule has 2 heterocycles. The van der Waals surface area contributed by atoms with E-state index in [4.69, 9.17) is 10.7 Å². The highest BCUT2D eigenvalue weighted by Crippen LogP contribution is 2.31. The fraction of sp³-hybridized carbons (Fsp3) is 0.353. The monoisotopic (exact) mass is 299 g/mol. The van der Waals surface area contributed by atoms with E-state index < -0.39 is 0 Å². The molecule has 0 saturated heterocycles. The van der Waals surface area contributed by atoms with Crippen molar-refractivity contribution in [2.24, 2.45) is 5.73 Å². The molecule has 0 aliphatic heterocycles. The van der Waals surface area contributed by atoms with Gasteiger partial charge >= 0.3 is 0 Å². The highest BCUT2D eigenvalue weighted by atomic mass is 32.1. The number of fused-ring (bicyclic) bond motifs is 1. The first-order chi connectivity index (χ1) is 10.1. The van der Waals surface area contributed by atoms with Crippen LogP contribution >= 0.6 is 11.3 Å². The van der Waals surface area contributed by atoms with Crippen molar-refractivity contribution in [3.05, 3.63) is 45.6 Å².